The molecule has 0 radical (unpaired) electrons. The number of esters is 1. The topological polar surface area (TPSA) is 39.2 Å². The molecule has 0 N–H and O–H groups in total. The minimum atomic E-state index is -0.541. The molecular formula is C12H16ClNO2. The van der Waals surface area contributed by atoms with Crippen molar-refractivity contribution < 1.29 is 9.53 Å². The Labute approximate surface area is 101 Å². The van der Waals surface area contributed by atoms with Gasteiger partial charge in [-0.05, 0) is 31.9 Å². The molecule has 1 heterocycles. The quantitative estimate of drug-likeness (QED) is 0.587. The van der Waals surface area contributed by atoms with Crippen molar-refractivity contribution >= 4 is 17.6 Å². The van der Waals surface area contributed by atoms with Gasteiger partial charge in [0.1, 0.15) is 0 Å². The van der Waals surface area contributed by atoms with E-state index in [9.17, 15) is 4.79 Å². The third-order valence-corrected chi connectivity index (χ3v) is 2.46. The molecule has 0 saturated carbocycles. The van der Waals surface area contributed by atoms with Gasteiger partial charge < -0.3 is 4.74 Å². The zero-order chi connectivity index (χ0) is 12.0. The van der Waals surface area contributed by atoms with E-state index >= 15 is 0 Å². The molecule has 16 heavy (non-hydrogen) atoms. The molecule has 1 atom stereocenters. The number of ether oxygens (including phenoxy) is 1. The molecule has 0 aliphatic rings. The lowest BCUT2D eigenvalue weighted by molar-refractivity contribution is 0.0433. The van der Waals surface area contributed by atoms with Gasteiger partial charge in [-0.1, -0.05) is 24.9 Å². The predicted octanol–water partition coefficient (Wildman–Crippen LogP) is 3.30. The maximum Gasteiger partial charge on any atom is 0.339 e. The molecule has 1 aromatic heterocycles. The number of nitrogens with zero attached hydrogens (tertiary/aromatic N) is 1. The van der Waals surface area contributed by atoms with Gasteiger partial charge >= 0.3 is 5.97 Å². The molecule has 4 heteroatoms. The predicted molar refractivity (Wildman–Crippen MR) is 63.6 cm³/mol. The Kier molecular flexibility index (Phi) is 5.26. The summed E-state index contributed by atoms with van der Waals surface area (Å²) in [7, 11) is 0. The van der Waals surface area contributed by atoms with E-state index in [0.717, 1.165) is 18.5 Å². The fourth-order valence-corrected chi connectivity index (χ4v) is 1.52. The highest BCUT2D eigenvalue weighted by Gasteiger charge is 2.13. The maximum atomic E-state index is 11.6. The second-order valence-electron chi connectivity index (χ2n) is 3.64. The van der Waals surface area contributed by atoms with Gasteiger partial charge in [-0.2, -0.15) is 0 Å². The molecule has 88 valence electrons. The zero-order valence-corrected chi connectivity index (χ0v) is 10.3. The molecular weight excluding hydrogens is 226 g/mol. The van der Waals surface area contributed by atoms with Crippen LogP contribution in [0.3, 0.4) is 0 Å². The van der Waals surface area contributed by atoms with Gasteiger partial charge in [0.2, 0.25) is 0 Å². The third-order valence-electron chi connectivity index (χ3n) is 2.15. The summed E-state index contributed by atoms with van der Waals surface area (Å²) in [5, 5.41) is 0. The first-order chi connectivity index (χ1) is 7.63. The summed E-state index contributed by atoms with van der Waals surface area (Å²) in [4.78, 5) is 15.6. The summed E-state index contributed by atoms with van der Waals surface area (Å²) >= 11 is 5.89. The minimum absolute atomic E-state index is 0.387. The van der Waals surface area contributed by atoms with Crippen molar-refractivity contribution in [1.82, 2.24) is 4.98 Å². The standard InChI is InChI=1S/C12H16ClNO2/c1-3-4-5-11(13)16-12(15)10-6-7-14-9(2)8-10/h6-8,11H,3-5H2,1-2H3. The first-order valence-electron chi connectivity index (χ1n) is 5.41. The first kappa shape index (κ1) is 13.0. The molecule has 1 rings (SSSR count). The lowest BCUT2D eigenvalue weighted by atomic mass is 10.2. The van der Waals surface area contributed by atoms with E-state index in [0.29, 0.717) is 12.0 Å². The van der Waals surface area contributed by atoms with Gasteiger partial charge in [-0.15, -0.1) is 0 Å². The number of pyridine rings is 1. The van der Waals surface area contributed by atoms with Gasteiger partial charge in [0, 0.05) is 11.9 Å². The van der Waals surface area contributed by atoms with Crippen molar-refractivity contribution in [1.29, 1.82) is 0 Å². The fraction of sp³-hybridized carbons (Fsp3) is 0.500. The number of hydrogen-bond donors (Lipinski definition) is 0. The Morgan fingerprint density at radius 3 is 3.00 bits per heavy atom. The Hall–Kier alpha value is -1.09. The van der Waals surface area contributed by atoms with E-state index in [2.05, 4.69) is 11.9 Å². The Morgan fingerprint density at radius 2 is 2.38 bits per heavy atom. The molecule has 0 spiro atoms. The Morgan fingerprint density at radius 1 is 1.62 bits per heavy atom. The van der Waals surface area contributed by atoms with Gasteiger partial charge in [-0.3, -0.25) is 4.98 Å². The van der Waals surface area contributed by atoms with Crippen molar-refractivity contribution in [3.05, 3.63) is 29.6 Å². The monoisotopic (exact) mass is 241 g/mol. The number of halogens is 1. The van der Waals surface area contributed by atoms with Crippen LogP contribution in [0, 0.1) is 6.92 Å². The summed E-state index contributed by atoms with van der Waals surface area (Å²) in [5.41, 5.74) is 0.740. The SMILES string of the molecule is CCCCC(Cl)OC(=O)c1ccnc(C)c1. The molecule has 1 aromatic rings. The average molecular weight is 242 g/mol. The van der Waals surface area contributed by atoms with Crippen molar-refractivity contribution in [2.45, 2.75) is 38.7 Å². The highest BCUT2D eigenvalue weighted by atomic mass is 35.5. The second kappa shape index (κ2) is 6.48. The largest absolute Gasteiger partial charge is 0.442 e. The van der Waals surface area contributed by atoms with Gasteiger partial charge in [-0.25, -0.2) is 4.79 Å². The van der Waals surface area contributed by atoms with Gasteiger partial charge in [0.05, 0.1) is 5.56 Å². The highest BCUT2D eigenvalue weighted by molar-refractivity contribution is 6.20. The van der Waals surface area contributed by atoms with Crippen molar-refractivity contribution in [2.75, 3.05) is 0 Å². The Bertz CT molecular complexity index is 355. The molecule has 0 aromatic carbocycles. The average Bonchev–Trinajstić information content (AvgIpc) is 2.26. The highest BCUT2D eigenvalue weighted by Crippen LogP contribution is 2.12. The van der Waals surface area contributed by atoms with Crippen LogP contribution in [0.4, 0.5) is 0 Å². The number of hydrogen-bond acceptors (Lipinski definition) is 3. The van der Waals surface area contributed by atoms with Gasteiger partial charge in [0.25, 0.3) is 0 Å². The molecule has 0 bridgehead atoms. The number of aromatic nitrogens is 1. The van der Waals surface area contributed by atoms with E-state index in [1.54, 1.807) is 18.3 Å². The van der Waals surface area contributed by atoms with E-state index in [4.69, 9.17) is 16.3 Å². The molecule has 0 fully saturated rings. The molecule has 0 saturated heterocycles. The zero-order valence-electron chi connectivity index (χ0n) is 9.57. The van der Waals surface area contributed by atoms with E-state index in [1.165, 1.54) is 0 Å². The third kappa shape index (κ3) is 4.19. The lowest BCUT2D eigenvalue weighted by Crippen LogP contribution is -2.13. The van der Waals surface area contributed by atoms with Crippen LogP contribution in [0.2, 0.25) is 0 Å². The van der Waals surface area contributed by atoms with E-state index in [-0.39, 0.29) is 5.97 Å². The van der Waals surface area contributed by atoms with Crippen molar-refractivity contribution in [2.24, 2.45) is 0 Å². The molecule has 3 nitrogen and oxygen atoms in total. The summed E-state index contributed by atoms with van der Waals surface area (Å²) in [5.74, 6) is -0.387. The number of unbranched alkanes of at least 4 members (excludes halogenated alkanes) is 1. The van der Waals surface area contributed by atoms with E-state index in [1.807, 2.05) is 6.92 Å². The van der Waals surface area contributed by atoms with Crippen LogP contribution in [0.15, 0.2) is 18.3 Å². The van der Waals surface area contributed by atoms with Crippen LogP contribution in [-0.4, -0.2) is 16.5 Å². The number of rotatable bonds is 5. The van der Waals surface area contributed by atoms with Crippen LogP contribution in [0.1, 0.15) is 42.2 Å². The van der Waals surface area contributed by atoms with Crippen molar-refractivity contribution in [3.63, 3.8) is 0 Å². The smallest absolute Gasteiger partial charge is 0.339 e. The summed E-state index contributed by atoms with van der Waals surface area (Å²) in [6, 6.07) is 3.31. The Balaban J connectivity index is 2.52. The van der Waals surface area contributed by atoms with Crippen LogP contribution >= 0.6 is 11.6 Å². The number of aryl methyl sites for hydroxylation is 1. The normalized spacial score (nSPS) is 12.2. The molecule has 0 amide bonds. The molecule has 0 aliphatic carbocycles. The van der Waals surface area contributed by atoms with Crippen LogP contribution < -0.4 is 0 Å². The lowest BCUT2D eigenvalue weighted by Gasteiger charge is -2.10. The molecule has 1 unspecified atom stereocenters. The summed E-state index contributed by atoms with van der Waals surface area (Å²) < 4.78 is 5.09. The van der Waals surface area contributed by atoms with Gasteiger partial charge in [0.15, 0.2) is 5.56 Å². The van der Waals surface area contributed by atoms with E-state index < -0.39 is 5.56 Å². The molecule has 0 aliphatic heterocycles. The summed E-state index contributed by atoms with van der Waals surface area (Å²) in [6.45, 7) is 3.89. The fourth-order valence-electron chi connectivity index (χ4n) is 1.28. The van der Waals surface area contributed by atoms with Crippen LogP contribution in [-0.2, 0) is 4.74 Å². The van der Waals surface area contributed by atoms with Crippen LogP contribution in [0.25, 0.3) is 0 Å². The van der Waals surface area contributed by atoms with Crippen LogP contribution in [0.5, 0.6) is 0 Å². The minimum Gasteiger partial charge on any atom is -0.442 e. The number of alkyl halides is 1. The summed E-state index contributed by atoms with van der Waals surface area (Å²) in [6.07, 6.45) is 4.26. The maximum absolute atomic E-state index is 11.6. The van der Waals surface area contributed by atoms with Crippen molar-refractivity contribution in [3.8, 4) is 0 Å². The number of carbonyl (C=O) groups excluding carboxylic acids is 1. The number of carbonyl (C=O) groups is 1. The second-order valence-corrected chi connectivity index (χ2v) is 4.13. The first-order valence-corrected chi connectivity index (χ1v) is 5.85.